The van der Waals surface area contributed by atoms with Crippen LogP contribution < -0.4 is 0 Å². The van der Waals surface area contributed by atoms with Crippen LogP contribution in [0.2, 0.25) is 0 Å². The van der Waals surface area contributed by atoms with Gasteiger partial charge in [-0.3, -0.25) is 18.6 Å². The standard InChI is InChI=1S/C45H82NO8P/c1-5-7-9-11-13-15-17-19-21-22-24-25-27-29-31-33-35-37-44(47)51-41-43(42-53-55(49,50)52-40-39-46(3)4)54-45(48)38-36-34-32-30-28-26-23-20-18-16-14-12-10-8-6-2/h13,15,19,21,24-25,29,31,43H,5-12,14,16-18,20,22-23,26-28,30,32-42H2,1-4H3,(H,49,50)/b15-13-,21-19-,25-24-,31-29-. The number of likely N-dealkylation sites (N-methyl/N-ethyl adjacent to an activating group) is 1. The topological polar surface area (TPSA) is 112 Å². The van der Waals surface area contributed by atoms with Crippen LogP contribution in [-0.4, -0.2) is 68.3 Å². The molecule has 0 saturated heterocycles. The van der Waals surface area contributed by atoms with E-state index in [4.69, 9.17) is 18.5 Å². The fraction of sp³-hybridized carbons (Fsp3) is 0.778. The van der Waals surface area contributed by atoms with Gasteiger partial charge in [0, 0.05) is 19.4 Å². The summed E-state index contributed by atoms with van der Waals surface area (Å²) in [6.07, 6.45) is 44.4. The number of nitrogens with zero attached hydrogens (tertiary/aromatic N) is 1. The zero-order valence-corrected chi connectivity index (χ0v) is 36.5. The van der Waals surface area contributed by atoms with Crippen molar-refractivity contribution < 1.29 is 37.6 Å². The lowest BCUT2D eigenvalue weighted by Crippen LogP contribution is -2.29. The summed E-state index contributed by atoms with van der Waals surface area (Å²) in [7, 11) is -0.734. The number of allylic oxidation sites excluding steroid dienone is 8. The Morgan fingerprint density at radius 2 is 1.00 bits per heavy atom. The summed E-state index contributed by atoms with van der Waals surface area (Å²) >= 11 is 0. The maximum absolute atomic E-state index is 12.6. The van der Waals surface area contributed by atoms with E-state index in [9.17, 15) is 19.0 Å². The lowest BCUT2D eigenvalue weighted by Gasteiger charge is -2.20. The van der Waals surface area contributed by atoms with E-state index in [0.717, 1.165) is 38.5 Å². The Morgan fingerprint density at radius 1 is 0.564 bits per heavy atom. The summed E-state index contributed by atoms with van der Waals surface area (Å²) in [5.41, 5.74) is 0. The molecule has 0 fully saturated rings. The summed E-state index contributed by atoms with van der Waals surface area (Å²) in [6, 6.07) is 0. The third kappa shape index (κ3) is 41.4. The number of hydrogen-bond donors (Lipinski definition) is 1. The fourth-order valence-electron chi connectivity index (χ4n) is 5.74. The van der Waals surface area contributed by atoms with Gasteiger partial charge in [0.15, 0.2) is 6.10 Å². The number of unbranched alkanes of at least 4 members (excludes halogenated alkanes) is 18. The van der Waals surface area contributed by atoms with Gasteiger partial charge in [-0.1, -0.05) is 165 Å². The van der Waals surface area contributed by atoms with E-state index in [2.05, 4.69) is 62.5 Å². The van der Waals surface area contributed by atoms with E-state index in [0.29, 0.717) is 19.4 Å². The van der Waals surface area contributed by atoms with Gasteiger partial charge in [-0.05, 0) is 65.5 Å². The van der Waals surface area contributed by atoms with Gasteiger partial charge in [0.2, 0.25) is 0 Å². The van der Waals surface area contributed by atoms with Crippen molar-refractivity contribution in [1.82, 2.24) is 4.90 Å². The summed E-state index contributed by atoms with van der Waals surface area (Å²) in [6.45, 7) is 4.24. The first kappa shape index (κ1) is 53.0. The van der Waals surface area contributed by atoms with Crippen molar-refractivity contribution >= 4 is 19.8 Å². The Balaban J connectivity index is 4.38. The molecule has 0 amide bonds. The minimum absolute atomic E-state index is 0.00114. The molecule has 320 valence electrons. The van der Waals surface area contributed by atoms with Crippen molar-refractivity contribution in [1.29, 1.82) is 0 Å². The Labute approximate surface area is 337 Å². The van der Waals surface area contributed by atoms with Crippen molar-refractivity contribution in [3.05, 3.63) is 48.6 Å². The molecule has 0 aliphatic carbocycles. The molecule has 0 rings (SSSR count). The highest BCUT2D eigenvalue weighted by molar-refractivity contribution is 7.47. The summed E-state index contributed by atoms with van der Waals surface area (Å²) in [5, 5.41) is 0. The number of carbonyl (C=O) groups excluding carboxylic acids is 2. The number of esters is 2. The van der Waals surface area contributed by atoms with Crippen LogP contribution in [0.1, 0.15) is 181 Å². The van der Waals surface area contributed by atoms with Crippen LogP contribution in [0.15, 0.2) is 48.6 Å². The van der Waals surface area contributed by atoms with Gasteiger partial charge in [0.05, 0.1) is 13.2 Å². The maximum Gasteiger partial charge on any atom is 0.472 e. The molecule has 0 aromatic carbocycles. The molecule has 0 aliphatic rings. The SMILES string of the molecule is CCCCC/C=C\C/C=C\C/C=C\C/C=C\CCCC(=O)OCC(COP(=O)(O)OCCN(C)C)OC(=O)CCCCCCCCCCCCCCCCC. The number of rotatable bonds is 40. The van der Waals surface area contributed by atoms with Gasteiger partial charge in [-0.15, -0.1) is 0 Å². The first-order chi connectivity index (χ1) is 26.7. The lowest BCUT2D eigenvalue weighted by molar-refractivity contribution is -0.161. The van der Waals surface area contributed by atoms with E-state index in [-0.39, 0.29) is 26.1 Å². The Morgan fingerprint density at radius 3 is 1.51 bits per heavy atom. The Kier molecular flexibility index (Phi) is 38.7. The van der Waals surface area contributed by atoms with Crippen LogP contribution >= 0.6 is 7.82 Å². The van der Waals surface area contributed by atoms with Gasteiger partial charge in [-0.25, -0.2) is 4.57 Å². The predicted octanol–water partition coefficient (Wildman–Crippen LogP) is 12.5. The van der Waals surface area contributed by atoms with E-state index in [1.165, 1.54) is 103 Å². The van der Waals surface area contributed by atoms with Gasteiger partial charge >= 0.3 is 19.8 Å². The number of carbonyl (C=O) groups is 2. The highest BCUT2D eigenvalue weighted by Gasteiger charge is 2.26. The molecule has 9 nitrogen and oxygen atoms in total. The zero-order chi connectivity index (χ0) is 40.5. The molecular formula is C45H82NO8P. The van der Waals surface area contributed by atoms with Gasteiger partial charge in [0.25, 0.3) is 0 Å². The molecule has 0 aromatic rings. The second kappa shape index (κ2) is 40.2. The Bertz CT molecular complexity index is 1060. The molecule has 0 bridgehead atoms. The van der Waals surface area contributed by atoms with Crippen LogP contribution in [0.4, 0.5) is 0 Å². The first-order valence-corrected chi connectivity index (χ1v) is 23.4. The summed E-state index contributed by atoms with van der Waals surface area (Å²) in [5.74, 6) is -0.866. The second-order valence-corrected chi connectivity index (χ2v) is 16.3. The smallest absolute Gasteiger partial charge is 0.462 e. The van der Waals surface area contributed by atoms with E-state index < -0.39 is 32.5 Å². The van der Waals surface area contributed by atoms with Crippen molar-refractivity contribution in [2.24, 2.45) is 0 Å². The average molecular weight is 796 g/mol. The number of ether oxygens (including phenoxy) is 2. The molecule has 55 heavy (non-hydrogen) atoms. The second-order valence-electron chi connectivity index (χ2n) is 14.9. The molecule has 1 N–H and O–H groups in total. The number of phosphoric ester groups is 1. The zero-order valence-electron chi connectivity index (χ0n) is 35.6. The fourth-order valence-corrected chi connectivity index (χ4v) is 6.48. The van der Waals surface area contributed by atoms with Gasteiger partial charge < -0.3 is 19.3 Å². The molecule has 0 aliphatic heterocycles. The van der Waals surface area contributed by atoms with Crippen LogP contribution in [-0.2, 0) is 32.7 Å². The van der Waals surface area contributed by atoms with Crippen LogP contribution in [0.3, 0.4) is 0 Å². The maximum atomic E-state index is 12.6. The van der Waals surface area contributed by atoms with E-state index in [1.54, 1.807) is 0 Å². The highest BCUT2D eigenvalue weighted by atomic mass is 31.2. The Hall–Kier alpha value is -2.03. The lowest BCUT2D eigenvalue weighted by atomic mass is 10.0. The molecule has 10 heteroatoms. The van der Waals surface area contributed by atoms with E-state index in [1.807, 2.05) is 19.0 Å². The minimum Gasteiger partial charge on any atom is -0.462 e. The minimum atomic E-state index is -4.37. The van der Waals surface area contributed by atoms with Crippen LogP contribution in [0, 0.1) is 0 Å². The molecule has 2 atom stereocenters. The summed E-state index contributed by atoms with van der Waals surface area (Å²) < 4.78 is 33.4. The number of phosphoric acid groups is 1. The monoisotopic (exact) mass is 796 g/mol. The molecule has 2 unspecified atom stereocenters. The predicted molar refractivity (Wildman–Crippen MR) is 229 cm³/mol. The molecular weight excluding hydrogens is 713 g/mol. The largest absolute Gasteiger partial charge is 0.472 e. The first-order valence-electron chi connectivity index (χ1n) is 21.9. The van der Waals surface area contributed by atoms with Crippen molar-refractivity contribution in [2.45, 2.75) is 187 Å². The van der Waals surface area contributed by atoms with Crippen molar-refractivity contribution in [3.63, 3.8) is 0 Å². The van der Waals surface area contributed by atoms with Crippen molar-refractivity contribution in [3.8, 4) is 0 Å². The molecule has 0 radical (unpaired) electrons. The highest BCUT2D eigenvalue weighted by Crippen LogP contribution is 2.43. The van der Waals surface area contributed by atoms with Gasteiger partial charge in [0.1, 0.15) is 6.61 Å². The quantitative estimate of drug-likeness (QED) is 0.0280. The molecule has 0 aromatic heterocycles. The third-order valence-corrected chi connectivity index (χ3v) is 10.1. The van der Waals surface area contributed by atoms with Gasteiger partial charge in [-0.2, -0.15) is 0 Å². The molecule has 0 heterocycles. The third-order valence-electron chi connectivity index (χ3n) is 9.14. The number of hydrogen-bond acceptors (Lipinski definition) is 8. The normalized spacial score (nSPS) is 13.9. The molecule has 0 spiro atoms. The van der Waals surface area contributed by atoms with Crippen LogP contribution in [0.25, 0.3) is 0 Å². The summed E-state index contributed by atoms with van der Waals surface area (Å²) in [4.78, 5) is 37.0. The van der Waals surface area contributed by atoms with Crippen LogP contribution in [0.5, 0.6) is 0 Å². The van der Waals surface area contributed by atoms with Crippen molar-refractivity contribution in [2.75, 3.05) is 40.5 Å². The van der Waals surface area contributed by atoms with E-state index >= 15 is 0 Å². The average Bonchev–Trinajstić information content (AvgIpc) is 3.15. The molecule has 0 saturated carbocycles.